The quantitative estimate of drug-likeness (QED) is 0.142. The van der Waals surface area contributed by atoms with Crippen LogP contribution in [0.25, 0.3) is 44.5 Å². The number of hydrogen-bond acceptors (Lipinski definition) is 0. The van der Waals surface area contributed by atoms with Crippen LogP contribution in [0.15, 0.2) is 146 Å². The number of aryl methyl sites for hydroxylation is 6. The summed E-state index contributed by atoms with van der Waals surface area (Å²) in [4.78, 5) is 0. The fourth-order valence-corrected chi connectivity index (χ4v) is 9.83. The second kappa shape index (κ2) is 28.6. The summed E-state index contributed by atoms with van der Waals surface area (Å²) in [6.45, 7) is 33.6. The molecule has 12 rings (SSSR count). The molecule has 0 heterocycles. The number of benzene rings is 8. The van der Waals surface area contributed by atoms with Crippen LogP contribution in [0, 0.1) is 55.4 Å². The molecule has 0 spiro atoms. The van der Waals surface area contributed by atoms with Gasteiger partial charge in [0, 0.05) is 0 Å². The summed E-state index contributed by atoms with van der Waals surface area (Å²) >= 11 is 0. The Labute approximate surface area is 435 Å². The molecule has 0 aromatic heterocycles. The van der Waals surface area contributed by atoms with E-state index in [-0.39, 0.29) is 22.3 Å². The van der Waals surface area contributed by atoms with Gasteiger partial charge < -0.3 is 0 Å². The molecule has 0 unspecified atom stereocenters. The van der Waals surface area contributed by atoms with E-state index in [9.17, 15) is 0 Å². The maximum atomic E-state index is 2.34. The van der Waals surface area contributed by atoms with E-state index in [4.69, 9.17) is 0 Å². The van der Waals surface area contributed by atoms with Crippen LogP contribution in [0.1, 0.15) is 167 Å². The number of rotatable bonds is 0. The largest absolute Gasteiger partial charge is 0.0776 e. The van der Waals surface area contributed by atoms with Gasteiger partial charge in [-0.1, -0.05) is 223 Å². The van der Waals surface area contributed by atoms with Crippen LogP contribution >= 0.6 is 0 Å². The Bertz CT molecular complexity index is 2840. The average molecular weight is 946 g/mol. The maximum absolute atomic E-state index is 2.34. The van der Waals surface area contributed by atoms with E-state index in [1.807, 2.05) is 55.4 Å². The third-order valence-corrected chi connectivity index (χ3v) is 13.8. The molecule has 0 bridgehead atoms. The summed E-state index contributed by atoms with van der Waals surface area (Å²) in [5, 5.41) is 0. The van der Waals surface area contributed by atoms with E-state index < -0.39 is 0 Å². The van der Waals surface area contributed by atoms with Gasteiger partial charge in [-0.25, -0.2) is 0 Å². The van der Waals surface area contributed by atoms with E-state index >= 15 is 0 Å². The standard InChI is InChI=1S/4C15H14.4C2H6.3CH4/c2*1-10-7-13-9-12-5-3-4-6-14(12)15(13)8-11(10)2;1-10-7-8-13-9-12-5-3-4-6-14(12)15(13)11(10)2;1-10-7-8-14-13-6-4-3-5-12(13)9-15(14)11(10)2;4*1-2;;;/h4*3-8H,9H2,1-2H3;4*1-2H3;3*1H4. The molecule has 0 aliphatic heterocycles. The minimum absolute atomic E-state index is 0. The fourth-order valence-electron chi connectivity index (χ4n) is 9.83. The zero-order valence-corrected chi connectivity index (χ0v) is 44.7. The van der Waals surface area contributed by atoms with Crippen molar-refractivity contribution in [2.45, 2.75) is 159 Å². The van der Waals surface area contributed by atoms with Gasteiger partial charge in [0.2, 0.25) is 0 Å². The van der Waals surface area contributed by atoms with Crippen molar-refractivity contribution in [2.24, 2.45) is 0 Å². The number of hydrogen-bond donors (Lipinski definition) is 0. The normalized spacial score (nSPS) is 10.8. The van der Waals surface area contributed by atoms with E-state index in [1.165, 1.54) is 134 Å². The minimum atomic E-state index is 0. The summed E-state index contributed by atoms with van der Waals surface area (Å²) in [7, 11) is 0. The first-order valence-electron chi connectivity index (χ1n) is 25.8. The lowest BCUT2D eigenvalue weighted by Crippen LogP contribution is -1.89. The molecule has 0 atom stereocenters. The lowest BCUT2D eigenvalue weighted by Gasteiger charge is -2.08. The first-order valence-corrected chi connectivity index (χ1v) is 25.8. The van der Waals surface area contributed by atoms with Crippen molar-refractivity contribution in [3.63, 3.8) is 0 Å². The molecule has 71 heavy (non-hydrogen) atoms. The Morgan fingerprint density at radius 2 is 0.563 bits per heavy atom. The monoisotopic (exact) mass is 945 g/mol. The Morgan fingerprint density at radius 1 is 0.239 bits per heavy atom. The van der Waals surface area contributed by atoms with Gasteiger partial charge in [-0.05, 0) is 215 Å². The average Bonchev–Trinajstić information content (AvgIpc) is 4.15. The molecular weight excluding hydrogens is 853 g/mol. The second-order valence-electron chi connectivity index (χ2n) is 17.6. The van der Waals surface area contributed by atoms with Gasteiger partial charge in [0.15, 0.2) is 0 Å². The maximum Gasteiger partial charge on any atom is -0.00107 e. The summed E-state index contributed by atoms with van der Waals surface area (Å²) in [5.74, 6) is 0. The van der Waals surface area contributed by atoms with Crippen LogP contribution in [-0.2, 0) is 25.7 Å². The van der Waals surface area contributed by atoms with Crippen molar-refractivity contribution in [1.29, 1.82) is 0 Å². The zero-order chi connectivity index (χ0) is 49.7. The molecule has 0 heteroatoms. The third kappa shape index (κ3) is 13.2. The molecule has 0 amide bonds. The van der Waals surface area contributed by atoms with Crippen LogP contribution in [-0.4, -0.2) is 0 Å². The van der Waals surface area contributed by atoms with Crippen molar-refractivity contribution >= 4 is 0 Å². The Morgan fingerprint density at radius 3 is 1.01 bits per heavy atom. The van der Waals surface area contributed by atoms with Crippen LogP contribution in [0.5, 0.6) is 0 Å². The van der Waals surface area contributed by atoms with Gasteiger partial charge in [0.05, 0.1) is 0 Å². The van der Waals surface area contributed by atoms with Crippen molar-refractivity contribution in [3.05, 3.63) is 235 Å². The molecule has 0 saturated heterocycles. The molecule has 0 saturated carbocycles. The lowest BCUT2D eigenvalue weighted by atomic mass is 9.97. The Balaban J connectivity index is 0.000000305. The highest BCUT2D eigenvalue weighted by molar-refractivity contribution is 5.81. The Hall–Kier alpha value is -6.24. The summed E-state index contributed by atoms with van der Waals surface area (Å²) < 4.78 is 0. The molecule has 8 aromatic rings. The van der Waals surface area contributed by atoms with E-state index in [0.29, 0.717) is 0 Å². The first-order chi connectivity index (χ1) is 33.0. The van der Waals surface area contributed by atoms with Crippen molar-refractivity contribution < 1.29 is 0 Å². The summed E-state index contributed by atoms with van der Waals surface area (Å²) in [5.41, 5.74) is 34.7. The van der Waals surface area contributed by atoms with Gasteiger partial charge in [0.25, 0.3) is 0 Å². The highest BCUT2D eigenvalue weighted by atomic mass is 14.3. The van der Waals surface area contributed by atoms with E-state index in [2.05, 4.69) is 201 Å². The van der Waals surface area contributed by atoms with Gasteiger partial charge >= 0.3 is 0 Å². The van der Waals surface area contributed by atoms with Crippen LogP contribution < -0.4 is 0 Å². The van der Waals surface area contributed by atoms with Gasteiger partial charge in [-0.3, -0.25) is 0 Å². The molecule has 0 radical (unpaired) electrons. The van der Waals surface area contributed by atoms with E-state index in [1.54, 1.807) is 0 Å². The second-order valence-corrected chi connectivity index (χ2v) is 17.6. The number of fused-ring (bicyclic) bond motifs is 12. The van der Waals surface area contributed by atoms with Gasteiger partial charge in [-0.15, -0.1) is 0 Å². The fraction of sp³-hybridized carbons (Fsp3) is 0.324. The SMILES string of the molecule is C.C.C.CC.CC.CC.CC.Cc1cc2c(cc1C)-c1ccccc1C2.Cc1cc2c(cc1C)-c1ccccc1C2.Cc1ccc2c(c1C)-c1ccccc1C2.Cc1ccc2c(c1C)Cc1ccccc1-2. The van der Waals surface area contributed by atoms with Crippen molar-refractivity contribution in [3.8, 4) is 44.5 Å². The summed E-state index contributed by atoms with van der Waals surface area (Å²) in [6, 6.07) is 53.3. The van der Waals surface area contributed by atoms with E-state index in [0.717, 1.165) is 25.7 Å². The van der Waals surface area contributed by atoms with Crippen molar-refractivity contribution in [1.82, 2.24) is 0 Å². The predicted octanol–water partition coefficient (Wildman–Crippen LogP) is 21.5. The topological polar surface area (TPSA) is 0 Å². The zero-order valence-electron chi connectivity index (χ0n) is 44.7. The third-order valence-electron chi connectivity index (χ3n) is 13.8. The highest BCUT2D eigenvalue weighted by Crippen LogP contribution is 2.42. The Kier molecular flexibility index (Phi) is 24.5. The van der Waals surface area contributed by atoms with Crippen LogP contribution in [0.3, 0.4) is 0 Å². The summed E-state index contributed by atoms with van der Waals surface area (Å²) in [6.07, 6.45) is 4.42. The molecule has 4 aliphatic carbocycles. The molecule has 0 N–H and O–H groups in total. The molecule has 4 aliphatic rings. The van der Waals surface area contributed by atoms with Crippen LogP contribution in [0.2, 0.25) is 0 Å². The molecular formula is C71H92. The molecule has 8 aromatic carbocycles. The smallest absolute Gasteiger partial charge is 0.00107 e. The van der Waals surface area contributed by atoms with Gasteiger partial charge in [-0.2, -0.15) is 0 Å². The molecule has 0 fully saturated rings. The minimum Gasteiger partial charge on any atom is -0.0776 e. The molecule has 376 valence electrons. The first kappa shape index (κ1) is 60.9. The lowest BCUT2D eigenvalue weighted by molar-refractivity contribution is 1.19. The van der Waals surface area contributed by atoms with Crippen molar-refractivity contribution in [2.75, 3.05) is 0 Å². The highest BCUT2D eigenvalue weighted by Gasteiger charge is 2.22. The van der Waals surface area contributed by atoms with Crippen LogP contribution in [0.4, 0.5) is 0 Å². The predicted molar refractivity (Wildman–Crippen MR) is 322 cm³/mol. The van der Waals surface area contributed by atoms with Gasteiger partial charge in [0.1, 0.15) is 0 Å². The molecule has 0 nitrogen and oxygen atoms in total.